The molecule has 29 heavy (non-hydrogen) atoms. The van der Waals surface area contributed by atoms with Crippen molar-refractivity contribution in [3.05, 3.63) is 59.8 Å². The van der Waals surface area contributed by atoms with Crippen molar-refractivity contribution in [1.82, 2.24) is 10.3 Å². The van der Waals surface area contributed by atoms with Gasteiger partial charge in [-0.2, -0.15) is 0 Å². The molecule has 3 aromatic rings. The molecule has 3 nitrogen and oxygen atoms in total. The van der Waals surface area contributed by atoms with Gasteiger partial charge in [-0.25, -0.2) is 0 Å². The molecule has 0 atom stereocenters. The van der Waals surface area contributed by atoms with Crippen LogP contribution in [0.25, 0.3) is 22.0 Å². The van der Waals surface area contributed by atoms with Gasteiger partial charge >= 0.3 is 0 Å². The highest BCUT2D eigenvalue weighted by atomic mass is 35.5. The van der Waals surface area contributed by atoms with Gasteiger partial charge in [-0.1, -0.05) is 45.0 Å². The summed E-state index contributed by atoms with van der Waals surface area (Å²) in [5, 5.41) is 15.7. The molecule has 0 unspecified atom stereocenters. The van der Waals surface area contributed by atoms with Gasteiger partial charge in [0.15, 0.2) is 0 Å². The first-order valence-electron chi connectivity index (χ1n) is 9.52. The van der Waals surface area contributed by atoms with Crippen LogP contribution in [0, 0.1) is 0 Å². The van der Waals surface area contributed by atoms with Crippen molar-refractivity contribution >= 4 is 35.7 Å². The second-order valence-electron chi connectivity index (χ2n) is 9.26. The molecule has 0 spiro atoms. The van der Waals surface area contributed by atoms with E-state index in [1.165, 1.54) is 5.56 Å². The van der Waals surface area contributed by atoms with Gasteiger partial charge < -0.3 is 10.4 Å². The van der Waals surface area contributed by atoms with Crippen molar-refractivity contribution in [2.45, 2.75) is 59.0 Å². The number of hydrogen-bond acceptors (Lipinski definition) is 3. The first kappa shape index (κ1) is 25.2. The molecule has 0 fully saturated rings. The number of aromatic hydroxyl groups is 1. The van der Waals surface area contributed by atoms with Gasteiger partial charge in [-0.15, -0.1) is 24.8 Å². The zero-order chi connectivity index (χ0) is 19.8. The average molecular weight is 435 g/mol. The lowest BCUT2D eigenvalue weighted by atomic mass is 9.83. The third kappa shape index (κ3) is 5.85. The zero-order valence-electron chi connectivity index (χ0n) is 18.0. The van der Waals surface area contributed by atoms with Crippen LogP contribution in [-0.4, -0.2) is 15.6 Å². The molecule has 0 bridgehead atoms. The third-order valence-corrected chi connectivity index (χ3v) is 4.80. The van der Waals surface area contributed by atoms with Crippen molar-refractivity contribution in [2.24, 2.45) is 0 Å². The molecular weight excluding hydrogens is 403 g/mol. The van der Waals surface area contributed by atoms with E-state index in [1.54, 1.807) is 0 Å². The lowest BCUT2D eigenvalue weighted by Gasteiger charge is -2.25. The fourth-order valence-electron chi connectivity index (χ4n) is 3.16. The second-order valence-corrected chi connectivity index (χ2v) is 9.26. The smallest absolute Gasteiger partial charge is 0.127 e. The van der Waals surface area contributed by atoms with Gasteiger partial charge in [0.2, 0.25) is 0 Å². The molecule has 5 heteroatoms. The largest absolute Gasteiger partial charge is 0.507 e. The summed E-state index contributed by atoms with van der Waals surface area (Å²) >= 11 is 0. The summed E-state index contributed by atoms with van der Waals surface area (Å²) in [5.74, 6) is 0.344. The number of halogens is 2. The van der Waals surface area contributed by atoms with E-state index in [0.717, 1.165) is 27.6 Å². The Balaban J connectivity index is 0.00000210. The van der Waals surface area contributed by atoms with Crippen molar-refractivity contribution in [2.75, 3.05) is 0 Å². The van der Waals surface area contributed by atoms with Crippen LogP contribution < -0.4 is 5.32 Å². The van der Waals surface area contributed by atoms with Gasteiger partial charge in [0.25, 0.3) is 0 Å². The van der Waals surface area contributed by atoms with E-state index in [1.807, 2.05) is 30.5 Å². The summed E-state index contributed by atoms with van der Waals surface area (Å²) < 4.78 is 0. The first-order chi connectivity index (χ1) is 12.6. The standard InChI is InChI=1S/C24H30N2O.2ClH/c1-23(2,3)17-13-16(15-26-24(4,5)6)22(27)20(14-17)18-11-12-25-21-10-8-7-9-19(18)21;;/h7-14,26-27H,15H2,1-6H3;2*1H. The normalized spacial score (nSPS) is 11.7. The molecule has 0 aliphatic heterocycles. The SMILES string of the molecule is CC(C)(C)NCc1cc(C(C)(C)C)cc(-c2ccnc3ccccc23)c1O.Cl.Cl. The lowest BCUT2D eigenvalue weighted by molar-refractivity contribution is 0.411. The predicted octanol–water partition coefficient (Wildman–Crippen LogP) is 6.64. The molecule has 1 aromatic heterocycles. The Morgan fingerprint density at radius 2 is 1.55 bits per heavy atom. The summed E-state index contributed by atoms with van der Waals surface area (Å²) in [7, 11) is 0. The molecule has 0 aliphatic rings. The lowest BCUT2D eigenvalue weighted by Crippen LogP contribution is -2.35. The van der Waals surface area contributed by atoms with Gasteiger partial charge in [-0.3, -0.25) is 4.98 Å². The van der Waals surface area contributed by atoms with Crippen LogP contribution >= 0.6 is 24.8 Å². The Kier molecular flexibility index (Phi) is 8.12. The van der Waals surface area contributed by atoms with Crippen LogP contribution in [0.1, 0.15) is 52.7 Å². The van der Waals surface area contributed by atoms with E-state index in [2.05, 4.69) is 70.0 Å². The van der Waals surface area contributed by atoms with Crippen LogP contribution in [0.2, 0.25) is 0 Å². The summed E-state index contributed by atoms with van der Waals surface area (Å²) in [6.07, 6.45) is 1.81. The first-order valence-corrected chi connectivity index (χ1v) is 9.52. The van der Waals surface area contributed by atoms with Crippen LogP contribution in [0.5, 0.6) is 5.75 Å². The number of pyridine rings is 1. The zero-order valence-corrected chi connectivity index (χ0v) is 19.7. The molecule has 2 N–H and O–H groups in total. The molecule has 0 radical (unpaired) electrons. The monoisotopic (exact) mass is 434 g/mol. The van der Waals surface area contributed by atoms with Crippen LogP contribution in [0.15, 0.2) is 48.7 Å². The average Bonchev–Trinajstić information content (AvgIpc) is 2.59. The van der Waals surface area contributed by atoms with Crippen LogP contribution in [0.3, 0.4) is 0 Å². The number of hydrogen-bond donors (Lipinski definition) is 2. The number of benzene rings is 2. The number of phenols is 1. The van der Waals surface area contributed by atoms with E-state index < -0.39 is 0 Å². The quantitative estimate of drug-likeness (QED) is 0.485. The maximum absolute atomic E-state index is 11.1. The van der Waals surface area contributed by atoms with Crippen LogP contribution in [-0.2, 0) is 12.0 Å². The number of nitrogens with one attached hydrogen (secondary N) is 1. The summed E-state index contributed by atoms with van der Waals surface area (Å²) in [6.45, 7) is 13.6. The number of aromatic nitrogens is 1. The maximum Gasteiger partial charge on any atom is 0.127 e. The van der Waals surface area contributed by atoms with Crippen LogP contribution in [0.4, 0.5) is 0 Å². The van der Waals surface area contributed by atoms with Crippen molar-refractivity contribution in [3.8, 4) is 16.9 Å². The Bertz CT molecular complexity index is 968. The number of para-hydroxylation sites is 1. The minimum absolute atomic E-state index is 0. The van der Waals surface area contributed by atoms with E-state index in [0.29, 0.717) is 12.3 Å². The maximum atomic E-state index is 11.1. The fourth-order valence-corrected chi connectivity index (χ4v) is 3.16. The van der Waals surface area contributed by atoms with Gasteiger partial charge in [0.05, 0.1) is 5.52 Å². The molecule has 158 valence electrons. The van der Waals surface area contributed by atoms with Crippen molar-refractivity contribution in [3.63, 3.8) is 0 Å². The highest BCUT2D eigenvalue weighted by Gasteiger charge is 2.21. The second kappa shape index (κ2) is 9.34. The molecule has 0 saturated heterocycles. The topological polar surface area (TPSA) is 45.2 Å². The van der Waals surface area contributed by atoms with Gasteiger partial charge in [0, 0.05) is 34.8 Å². The Morgan fingerprint density at radius 1 is 0.897 bits per heavy atom. The molecule has 2 aromatic carbocycles. The minimum Gasteiger partial charge on any atom is -0.507 e. The molecule has 1 heterocycles. The number of nitrogens with zero attached hydrogens (tertiary/aromatic N) is 1. The summed E-state index contributed by atoms with van der Waals surface area (Å²) in [5.41, 5.74) is 4.92. The molecular formula is C24H32Cl2N2O. The van der Waals surface area contributed by atoms with E-state index in [9.17, 15) is 5.11 Å². The highest BCUT2D eigenvalue weighted by molar-refractivity contribution is 5.96. The minimum atomic E-state index is -0.0201. The Labute approximate surface area is 186 Å². The Hall–Kier alpha value is -1.81. The van der Waals surface area contributed by atoms with E-state index in [-0.39, 0.29) is 35.8 Å². The molecule has 0 aliphatic carbocycles. The van der Waals surface area contributed by atoms with Gasteiger partial charge in [0.1, 0.15) is 5.75 Å². The molecule has 3 rings (SSSR count). The summed E-state index contributed by atoms with van der Waals surface area (Å²) in [4.78, 5) is 4.47. The predicted molar refractivity (Wildman–Crippen MR) is 129 cm³/mol. The van der Waals surface area contributed by atoms with Gasteiger partial charge in [-0.05, 0) is 55.5 Å². The van der Waals surface area contributed by atoms with E-state index in [4.69, 9.17) is 0 Å². The number of fused-ring (bicyclic) bond motifs is 1. The van der Waals surface area contributed by atoms with Crippen molar-refractivity contribution in [1.29, 1.82) is 0 Å². The number of phenolic OH excluding ortho intramolecular Hbond substituents is 1. The highest BCUT2D eigenvalue weighted by Crippen LogP contribution is 2.39. The van der Waals surface area contributed by atoms with E-state index >= 15 is 0 Å². The third-order valence-electron chi connectivity index (χ3n) is 4.80. The Morgan fingerprint density at radius 3 is 2.17 bits per heavy atom. The molecule has 0 amide bonds. The number of rotatable bonds is 3. The molecule has 0 saturated carbocycles. The summed E-state index contributed by atoms with van der Waals surface area (Å²) in [6, 6.07) is 14.3. The fraction of sp³-hybridized carbons (Fsp3) is 0.375. The van der Waals surface area contributed by atoms with Crippen molar-refractivity contribution < 1.29 is 5.11 Å².